The molecular weight excluding hydrogens is 480 g/mol. The predicted molar refractivity (Wildman–Crippen MR) is 112 cm³/mol. The Kier molecular flexibility index (Phi) is 6.90. The Morgan fingerprint density at radius 1 is 1.43 bits per heavy atom. The molecule has 0 radical (unpaired) electrons. The van der Waals surface area contributed by atoms with Gasteiger partial charge in [0.2, 0.25) is 0 Å². The number of rotatable bonds is 7. The largest absolute Gasteiger partial charge is 0.350 e. The number of nitrogens with zero attached hydrogens (tertiary/aromatic N) is 3. The first-order chi connectivity index (χ1) is 14.1. The van der Waals surface area contributed by atoms with Crippen LogP contribution in [0, 0.1) is 0 Å². The summed E-state index contributed by atoms with van der Waals surface area (Å²) in [5.41, 5.74) is 2.21. The van der Waals surface area contributed by atoms with E-state index in [9.17, 15) is 18.0 Å². The summed E-state index contributed by atoms with van der Waals surface area (Å²) in [7, 11) is -3.85. The zero-order valence-electron chi connectivity index (χ0n) is 16.6. The minimum atomic E-state index is -3.85. The van der Waals surface area contributed by atoms with E-state index in [-0.39, 0.29) is 13.0 Å². The van der Waals surface area contributed by atoms with Crippen LogP contribution >= 0.6 is 15.9 Å². The molecule has 0 bridgehead atoms. The van der Waals surface area contributed by atoms with Crippen LogP contribution in [0.5, 0.6) is 0 Å². The molecule has 2 atom stereocenters. The molecule has 0 spiro atoms. The first-order valence-corrected chi connectivity index (χ1v) is 12.1. The van der Waals surface area contributed by atoms with Gasteiger partial charge in [0.25, 0.3) is 11.5 Å². The summed E-state index contributed by atoms with van der Waals surface area (Å²) in [6, 6.07) is 4.97. The molecule has 1 aromatic carbocycles. The average molecular weight is 503 g/mol. The lowest BCUT2D eigenvalue weighted by Gasteiger charge is -2.28. The third-order valence-electron chi connectivity index (χ3n) is 5.21. The topological polar surface area (TPSA) is 129 Å². The molecule has 1 aliphatic heterocycles. The number of nitrogens with one attached hydrogen (secondary N) is 1. The summed E-state index contributed by atoms with van der Waals surface area (Å²) in [4.78, 5) is 30.6. The molecule has 0 saturated carbocycles. The van der Waals surface area contributed by atoms with Gasteiger partial charge in [-0.25, -0.2) is 23.4 Å². The van der Waals surface area contributed by atoms with Crippen molar-refractivity contribution in [3.05, 3.63) is 33.0 Å². The second-order valence-electron chi connectivity index (χ2n) is 7.38. The van der Waals surface area contributed by atoms with Gasteiger partial charge in [-0.15, -0.1) is 5.10 Å². The quantitative estimate of drug-likeness (QED) is 0.561. The summed E-state index contributed by atoms with van der Waals surface area (Å²) in [6.07, 6.45) is 2.57. The van der Waals surface area contributed by atoms with Gasteiger partial charge in [-0.1, -0.05) is 21.1 Å². The summed E-state index contributed by atoms with van der Waals surface area (Å²) >= 11 is 3.30. The van der Waals surface area contributed by atoms with Crippen LogP contribution in [0.15, 0.2) is 27.5 Å². The highest BCUT2D eigenvalue weighted by atomic mass is 79.9. The molecule has 0 aliphatic carbocycles. The maximum absolute atomic E-state index is 12.7. The van der Waals surface area contributed by atoms with Gasteiger partial charge in [-0.2, -0.15) is 0 Å². The smallest absolute Gasteiger partial charge is 0.277 e. The van der Waals surface area contributed by atoms with Gasteiger partial charge in [0.15, 0.2) is 20.9 Å². The number of aryl methyl sites for hydroxylation is 1. The van der Waals surface area contributed by atoms with Crippen molar-refractivity contribution in [3.8, 4) is 0 Å². The zero-order valence-corrected chi connectivity index (χ0v) is 19.0. The lowest BCUT2D eigenvalue weighted by atomic mass is 10.1. The number of carbonyl (C=O) groups is 1. The molecular formula is C18H23BrN4O6S. The van der Waals surface area contributed by atoms with Gasteiger partial charge in [-0.3, -0.25) is 9.59 Å². The fourth-order valence-corrected chi connectivity index (χ4v) is 4.20. The second-order valence-corrected chi connectivity index (χ2v) is 10.7. The number of aromatic nitrogens is 3. The van der Waals surface area contributed by atoms with E-state index in [1.54, 1.807) is 18.2 Å². The standard InChI is InChI=1S/C18H23BrN4O6S/c1-18(30(2,26)27,17(25)21-29-15-5-3-4-10-28-15)8-9-23-16(24)13-7-6-12(19)11-14(13)20-22-23/h6-7,11,15H,3-5,8-10H2,1-2H3,(H,21,25)/t15?,18-/m1/s1. The van der Waals surface area contributed by atoms with Gasteiger partial charge in [-0.05, 0) is 44.4 Å². The summed E-state index contributed by atoms with van der Waals surface area (Å²) < 4.78 is 30.2. The molecule has 1 aromatic heterocycles. The highest BCUT2D eigenvalue weighted by Gasteiger charge is 2.44. The fourth-order valence-electron chi connectivity index (χ4n) is 3.01. The van der Waals surface area contributed by atoms with Crippen molar-refractivity contribution in [3.63, 3.8) is 0 Å². The SMILES string of the molecule is C[C@@](CCn1nnc2cc(Br)ccc2c1=O)(C(=O)NOC1CCCCO1)S(C)(=O)=O. The molecule has 164 valence electrons. The predicted octanol–water partition coefficient (Wildman–Crippen LogP) is 1.32. The number of fused-ring (bicyclic) bond motifs is 1. The van der Waals surface area contributed by atoms with E-state index in [2.05, 4.69) is 31.7 Å². The lowest BCUT2D eigenvalue weighted by Crippen LogP contribution is -2.51. The van der Waals surface area contributed by atoms with Crippen LogP contribution in [-0.4, -0.2) is 53.2 Å². The Labute approximate surface area is 181 Å². The Bertz CT molecular complexity index is 1100. The van der Waals surface area contributed by atoms with E-state index in [0.29, 0.717) is 23.9 Å². The number of hydroxylamine groups is 1. The third-order valence-corrected chi connectivity index (χ3v) is 7.72. The molecule has 2 heterocycles. The van der Waals surface area contributed by atoms with Gasteiger partial charge >= 0.3 is 0 Å². The highest BCUT2D eigenvalue weighted by Crippen LogP contribution is 2.23. The number of ether oxygens (including phenoxy) is 1. The van der Waals surface area contributed by atoms with E-state index < -0.39 is 32.3 Å². The first kappa shape index (κ1) is 22.8. The minimum absolute atomic E-state index is 0.116. The number of benzene rings is 1. The van der Waals surface area contributed by atoms with Crippen LogP contribution in [0.25, 0.3) is 10.9 Å². The van der Waals surface area contributed by atoms with E-state index in [0.717, 1.165) is 28.3 Å². The van der Waals surface area contributed by atoms with E-state index in [1.165, 1.54) is 6.92 Å². The van der Waals surface area contributed by atoms with Crippen LogP contribution in [0.1, 0.15) is 32.6 Å². The first-order valence-electron chi connectivity index (χ1n) is 9.42. The maximum Gasteiger partial charge on any atom is 0.277 e. The second kappa shape index (κ2) is 9.08. The Balaban J connectivity index is 1.77. The Hall–Kier alpha value is -1.89. The van der Waals surface area contributed by atoms with Crippen LogP contribution in [-0.2, 0) is 30.8 Å². The maximum atomic E-state index is 12.7. The van der Waals surface area contributed by atoms with Crippen molar-refractivity contribution in [1.82, 2.24) is 20.5 Å². The fraction of sp³-hybridized carbons (Fsp3) is 0.556. The summed E-state index contributed by atoms with van der Waals surface area (Å²) in [6.45, 7) is 1.69. The number of amides is 1. The normalized spacial score (nSPS) is 19.4. The van der Waals surface area contributed by atoms with Gasteiger partial charge < -0.3 is 4.74 Å². The van der Waals surface area contributed by atoms with Crippen molar-refractivity contribution in [2.24, 2.45) is 0 Å². The number of sulfone groups is 1. The number of hydrogen-bond donors (Lipinski definition) is 1. The van der Waals surface area contributed by atoms with Crippen molar-refractivity contribution >= 4 is 42.6 Å². The number of halogens is 1. The van der Waals surface area contributed by atoms with Crippen LogP contribution in [0.3, 0.4) is 0 Å². The zero-order chi connectivity index (χ0) is 21.9. The van der Waals surface area contributed by atoms with Crippen LogP contribution in [0.2, 0.25) is 0 Å². The molecule has 1 N–H and O–H groups in total. The van der Waals surface area contributed by atoms with Gasteiger partial charge in [0.05, 0.1) is 5.39 Å². The Morgan fingerprint density at radius 2 is 2.20 bits per heavy atom. The minimum Gasteiger partial charge on any atom is -0.350 e. The molecule has 1 unspecified atom stereocenters. The molecule has 12 heteroatoms. The lowest BCUT2D eigenvalue weighted by molar-refractivity contribution is -0.201. The van der Waals surface area contributed by atoms with Crippen LogP contribution in [0.4, 0.5) is 0 Å². The van der Waals surface area contributed by atoms with Crippen molar-refractivity contribution in [2.75, 3.05) is 12.9 Å². The van der Waals surface area contributed by atoms with Crippen LogP contribution < -0.4 is 11.0 Å². The van der Waals surface area contributed by atoms with E-state index in [4.69, 9.17) is 9.57 Å². The summed E-state index contributed by atoms with van der Waals surface area (Å²) in [5, 5.41) is 8.21. The molecule has 3 rings (SSSR count). The third kappa shape index (κ3) is 4.88. The van der Waals surface area contributed by atoms with Crippen molar-refractivity contribution in [1.29, 1.82) is 0 Å². The highest BCUT2D eigenvalue weighted by molar-refractivity contribution is 9.10. The molecule has 2 aromatic rings. The van der Waals surface area contributed by atoms with Crippen molar-refractivity contribution in [2.45, 2.75) is 50.2 Å². The molecule has 1 saturated heterocycles. The number of hydrogen-bond acceptors (Lipinski definition) is 8. The molecule has 1 amide bonds. The van der Waals surface area contributed by atoms with E-state index >= 15 is 0 Å². The van der Waals surface area contributed by atoms with Gasteiger partial charge in [0.1, 0.15) is 5.52 Å². The number of carbonyl (C=O) groups excluding carboxylic acids is 1. The molecule has 1 aliphatic rings. The molecule has 30 heavy (non-hydrogen) atoms. The summed E-state index contributed by atoms with van der Waals surface area (Å²) in [5.74, 6) is -0.829. The molecule has 10 nitrogen and oxygen atoms in total. The van der Waals surface area contributed by atoms with E-state index in [1.807, 2.05) is 0 Å². The molecule has 1 fully saturated rings. The Morgan fingerprint density at radius 3 is 2.87 bits per heavy atom. The monoisotopic (exact) mass is 502 g/mol. The average Bonchev–Trinajstić information content (AvgIpc) is 2.71. The van der Waals surface area contributed by atoms with Crippen molar-refractivity contribution < 1.29 is 22.8 Å². The van der Waals surface area contributed by atoms with Gasteiger partial charge in [0, 0.05) is 30.3 Å².